The van der Waals surface area contributed by atoms with Crippen LogP contribution in [0.1, 0.15) is 27.7 Å². The van der Waals surface area contributed by atoms with Crippen LogP contribution in [0.5, 0.6) is 5.75 Å². The first kappa shape index (κ1) is 20.1. The van der Waals surface area contributed by atoms with Gasteiger partial charge in [-0.25, -0.2) is 9.18 Å². The van der Waals surface area contributed by atoms with E-state index < -0.39 is 18.5 Å². The van der Waals surface area contributed by atoms with Crippen LogP contribution in [0.3, 0.4) is 0 Å². The third kappa shape index (κ3) is 5.01. The number of nitrogens with one attached hydrogen (secondary N) is 1. The van der Waals surface area contributed by atoms with Gasteiger partial charge in [-0.2, -0.15) is 5.10 Å². The monoisotopic (exact) mass is 401 g/mol. The maximum Gasteiger partial charge on any atom is 0.374 e. The van der Waals surface area contributed by atoms with E-state index in [2.05, 4.69) is 10.4 Å². The van der Waals surface area contributed by atoms with Crippen LogP contribution in [0.4, 0.5) is 10.1 Å². The summed E-state index contributed by atoms with van der Waals surface area (Å²) in [5.41, 5.74) is 2.05. The smallest absolute Gasteiger partial charge is 0.374 e. The highest BCUT2D eigenvalue weighted by Crippen LogP contribution is 2.18. The number of carbonyl (C=O) groups is 2. The van der Waals surface area contributed by atoms with Crippen LogP contribution < -0.4 is 10.1 Å². The molecule has 2 heterocycles. The average molecular weight is 401 g/mol. The Balaban J connectivity index is 1.49. The Hall–Kier alpha value is -3.62. The van der Waals surface area contributed by atoms with Gasteiger partial charge in [0.05, 0.1) is 17.1 Å². The van der Waals surface area contributed by atoms with Crippen LogP contribution in [0.2, 0.25) is 0 Å². The third-order valence-corrected chi connectivity index (χ3v) is 4.17. The fourth-order valence-corrected chi connectivity index (χ4v) is 2.58. The van der Waals surface area contributed by atoms with Gasteiger partial charge >= 0.3 is 5.97 Å². The predicted octanol–water partition coefficient (Wildman–Crippen LogP) is 3.14. The number of nitrogens with zero attached hydrogens (tertiary/aromatic N) is 2. The number of furan rings is 1. The number of carbonyl (C=O) groups excluding carboxylic acids is 2. The molecule has 9 heteroatoms. The van der Waals surface area contributed by atoms with Crippen LogP contribution in [-0.2, 0) is 23.2 Å². The van der Waals surface area contributed by atoms with Gasteiger partial charge in [0.25, 0.3) is 5.91 Å². The van der Waals surface area contributed by atoms with Gasteiger partial charge in [-0.05, 0) is 50.2 Å². The van der Waals surface area contributed by atoms with Crippen molar-refractivity contribution in [2.24, 2.45) is 7.05 Å². The van der Waals surface area contributed by atoms with Gasteiger partial charge in [0.1, 0.15) is 23.9 Å². The third-order valence-electron chi connectivity index (χ3n) is 4.17. The van der Waals surface area contributed by atoms with Crippen molar-refractivity contribution in [1.82, 2.24) is 9.78 Å². The Morgan fingerprint density at radius 2 is 1.90 bits per heavy atom. The van der Waals surface area contributed by atoms with E-state index in [0.717, 1.165) is 5.69 Å². The van der Waals surface area contributed by atoms with Gasteiger partial charge in [0.2, 0.25) is 5.76 Å². The van der Waals surface area contributed by atoms with Crippen molar-refractivity contribution in [2.45, 2.75) is 20.5 Å². The summed E-state index contributed by atoms with van der Waals surface area (Å²) in [6, 6.07) is 8.51. The number of hydrogen-bond donors (Lipinski definition) is 1. The fourth-order valence-electron chi connectivity index (χ4n) is 2.58. The summed E-state index contributed by atoms with van der Waals surface area (Å²) in [4.78, 5) is 24.1. The minimum absolute atomic E-state index is 0.0516. The zero-order chi connectivity index (χ0) is 21.0. The first-order chi connectivity index (χ1) is 13.8. The van der Waals surface area contributed by atoms with Crippen LogP contribution in [0.15, 0.2) is 40.8 Å². The number of rotatable bonds is 7. The number of benzene rings is 1. The number of anilines is 1. The second kappa shape index (κ2) is 8.59. The molecule has 0 unspecified atom stereocenters. The topological polar surface area (TPSA) is 95.6 Å². The number of aryl methyl sites for hydroxylation is 2. The summed E-state index contributed by atoms with van der Waals surface area (Å²) in [6.07, 6.45) is 0. The molecule has 1 N–H and O–H groups in total. The second-order valence-corrected chi connectivity index (χ2v) is 6.30. The molecular weight excluding hydrogens is 381 g/mol. The van der Waals surface area contributed by atoms with Crippen molar-refractivity contribution in [2.75, 3.05) is 11.9 Å². The number of aromatic nitrogens is 2. The molecule has 0 radical (unpaired) electrons. The number of halogens is 1. The predicted molar refractivity (Wildman–Crippen MR) is 101 cm³/mol. The molecule has 3 aromatic rings. The van der Waals surface area contributed by atoms with E-state index in [1.54, 1.807) is 24.7 Å². The van der Waals surface area contributed by atoms with E-state index in [9.17, 15) is 14.0 Å². The quantitative estimate of drug-likeness (QED) is 0.611. The largest absolute Gasteiger partial charge is 0.486 e. The molecule has 8 nitrogen and oxygen atoms in total. The summed E-state index contributed by atoms with van der Waals surface area (Å²) in [5.74, 6) is -0.823. The lowest BCUT2D eigenvalue weighted by Gasteiger charge is -2.06. The maximum absolute atomic E-state index is 12.9. The molecule has 0 saturated heterocycles. The van der Waals surface area contributed by atoms with Gasteiger partial charge in [-0.3, -0.25) is 9.48 Å². The standard InChI is InChI=1S/C20H20FN3O5/c1-12-19(13(2)24(3)23-12)22-18(25)11-28-20(26)17-9-8-16(29-17)10-27-15-6-4-14(21)5-7-15/h4-9H,10-11H2,1-3H3,(H,22,25). The van der Waals surface area contributed by atoms with Crippen LogP contribution >= 0.6 is 0 Å². The lowest BCUT2D eigenvalue weighted by atomic mass is 10.3. The minimum Gasteiger partial charge on any atom is -0.486 e. The van der Waals surface area contributed by atoms with Crippen molar-refractivity contribution in [3.05, 3.63) is 65.1 Å². The number of ether oxygens (including phenoxy) is 2. The Kier molecular flexibility index (Phi) is 5.96. The van der Waals surface area contributed by atoms with E-state index in [1.165, 1.54) is 30.3 Å². The lowest BCUT2D eigenvalue weighted by molar-refractivity contribution is -0.119. The summed E-state index contributed by atoms with van der Waals surface area (Å²) in [7, 11) is 1.77. The number of amides is 1. The molecule has 1 amide bonds. The maximum atomic E-state index is 12.9. The molecular formula is C20H20FN3O5. The Bertz CT molecular complexity index is 1020. The first-order valence-corrected chi connectivity index (χ1v) is 8.77. The van der Waals surface area contributed by atoms with E-state index in [1.807, 2.05) is 6.92 Å². The van der Waals surface area contributed by atoms with Crippen molar-refractivity contribution < 1.29 is 27.9 Å². The van der Waals surface area contributed by atoms with Crippen molar-refractivity contribution in [1.29, 1.82) is 0 Å². The molecule has 3 rings (SSSR count). The normalized spacial score (nSPS) is 10.6. The van der Waals surface area contributed by atoms with E-state index >= 15 is 0 Å². The highest BCUT2D eigenvalue weighted by Gasteiger charge is 2.17. The summed E-state index contributed by atoms with van der Waals surface area (Å²) in [5, 5.41) is 6.88. The zero-order valence-electron chi connectivity index (χ0n) is 16.2. The van der Waals surface area contributed by atoms with Crippen LogP contribution in [0.25, 0.3) is 0 Å². The molecule has 0 aliphatic carbocycles. The molecule has 152 valence electrons. The van der Waals surface area contributed by atoms with Gasteiger partial charge in [0, 0.05) is 7.05 Å². The Labute approximate surface area is 166 Å². The number of esters is 1. The highest BCUT2D eigenvalue weighted by molar-refractivity contribution is 5.95. The van der Waals surface area contributed by atoms with Gasteiger partial charge in [-0.1, -0.05) is 0 Å². The van der Waals surface area contributed by atoms with E-state index in [-0.39, 0.29) is 18.2 Å². The SMILES string of the molecule is Cc1nn(C)c(C)c1NC(=O)COC(=O)c1ccc(COc2ccc(F)cc2)o1. The summed E-state index contributed by atoms with van der Waals surface area (Å²) < 4.78 is 30.3. The molecule has 0 spiro atoms. The van der Waals surface area contributed by atoms with Crippen LogP contribution in [0, 0.1) is 19.7 Å². The first-order valence-electron chi connectivity index (χ1n) is 8.77. The highest BCUT2D eigenvalue weighted by atomic mass is 19.1. The summed E-state index contributed by atoms with van der Waals surface area (Å²) >= 11 is 0. The van der Waals surface area contributed by atoms with Crippen LogP contribution in [-0.4, -0.2) is 28.3 Å². The molecule has 0 fully saturated rings. The average Bonchev–Trinajstić information content (AvgIpc) is 3.26. The van der Waals surface area contributed by atoms with Crippen molar-refractivity contribution in [3.63, 3.8) is 0 Å². The van der Waals surface area contributed by atoms with Crippen molar-refractivity contribution in [3.8, 4) is 5.75 Å². The van der Waals surface area contributed by atoms with E-state index in [4.69, 9.17) is 13.9 Å². The van der Waals surface area contributed by atoms with Crippen molar-refractivity contribution >= 4 is 17.6 Å². The molecule has 0 atom stereocenters. The summed E-state index contributed by atoms with van der Waals surface area (Å²) in [6.45, 7) is 3.18. The minimum atomic E-state index is -0.771. The van der Waals surface area contributed by atoms with E-state index in [0.29, 0.717) is 22.9 Å². The molecule has 2 aromatic heterocycles. The molecule has 1 aromatic carbocycles. The molecule has 0 saturated carbocycles. The van der Waals surface area contributed by atoms with Gasteiger partial charge < -0.3 is 19.2 Å². The molecule has 0 aliphatic rings. The van der Waals surface area contributed by atoms with Gasteiger partial charge in [-0.15, -0.1) is 0 Å². The Morgan fingerprint density at radius 3 is 2.55 bits per heavy atom. The second-order valence-electron chi connectivity index (χ2n) is 6.30. The molecule has 29 heavy (non-hydrogen) atoms. The zero-order valence-corrected chi connectivity index (χ0v) is 16.2. The molecule has 0 aliphatic heterocycles. The molecule has 0 bridgehead atoms. The fraction of sp³-hybridized carbons (Fsp3) is 0.250. The van der Waals surface area contributed by atoms with Gasteiger partial charge in [0.15, 0.2) is 6.61 Å². The lowest BCUT2D eigenvalue weighted by Crippen LogP contribution is -2.21. The Morgan fingerprint density at radius 1 is 1.17 bits per heavy atom. The number of hydrogen-bond acceptors (Lipinski definition) is 6.